The summed E-state index contributed by atoms with van der Waals surface area (Å²) in [6, 6.07) is 24.1. The number of methoxy groups -OCH3 is 2. The fourth-order valence-corrected chi connectivity index (χ4v) is 3.02. The highest BCUT2D eigenvalue weighted by molar-refractivity contribution is 5.95. The van der Waals surface area contributed by atoms with E-state index in [2.05, 4.69) is 5.32 Å². The number of benzene rings is 3. The Morgan fingerprint density at radius 2 is 1.45 bits per heavy atom. The van der Waals surface area contributed by atoms with Gasteiger partial charge < -0.3 is 14.8 Å². The zero-order valence-corrected chi connectivity index (χ0v) is 16.4. The van der Waals surface area contributed by atoms with Crippen LogP contribution in [0.1, 0.15) is 28.4 Å². The van der Waals surface area contributed by atoms with E-state index in [1.54, 1.807) is 31.4 Å². The van der Waals surface area contributed by atoms with Gasteiger partial charge in [-0.2, -0.15) is 0 Å². The van der Waals surface area contributed by atoms with Crippen LogP contribution in [0.5, 0.6) is 5.75 Å². The lowest BCUT2D eigenvalue weighted by Gasteiger charge is -2.19. The molecule has 0 saturated heterocycles. The molecule has 0 aliphatic carbocycles. The zero-order chi connectivity index (χ0) is 20.6. The van der Waals surface area contributed by atoms with Gasteiger partial charge in [0, 0.05) is 5.56 Å². The highest BCUT2D eigenvalue weighted by atomic mass is 16.5. The maximum Gasteiger partial charge on any atom is 0.307 e. The molecule has 148 valence electrons. The molecule has 1 atom stereocenters. The predicted molar refractivity (Wildman–Crippen MR) is 112 cm³/mol. The molecule has 0 aromatic heterocycles. The van der Waals surface area contributed by atoms with Gasteiger partial charge in [0.25, 0.3) is 5.91 Å². The van der Waals surface area contributed by atoms with Crippen molar-refractivity contribution >= 4 is 11.9 Å². The third-order valence-electron chi connectivity index (χ3n) is 4.68. The smallest absolute Gasteiger partial charge is 0.307 e. The van der Waals surface area contributed by atoms with Gasteiger partial charge in [-0.1, -0.05) is 54.6 Å². The first kappa shape index (κ1) is 20.1. The Kier molecular flexibility index (Phi) is 6.63. The van der Waals surface area contributed by atoms with Gasteiger partial charge >= 0.3 is 5.97 Å². The SMILES string of the molecule is COC(=O)CC(NC(=O)c1ccc(-c2ccccc2)cc1)c1ccc(OC)cc1. The molecule has 0 heterocycles. The van der Waals surface area contributed by atoms with Crippen molar-refractivity contribution in [2.45, 2.75) is 12.5 Å². The van der Waals surface area contributed by atoms with E-state index in [4.69, 9.17) is 9.47 Å². The molecule has 1 amide bonds. The van der Waals surface area contributed by atoms with Crippen molar-refractivity contribution in [2.24, 2.45) is 0 Å². The summed E-state index contributed by atoms with van der Waals surface area (Å²) in [4.78, 5) is 24.6. The third-order valence-corrected chi connectivity index (χ3v) is 4.68. The lowest BCUT2D eigenvalue weighted by atomic mass is 10.0. The molecule has 0 aliphatic heterocycles. The zero-order valence-electron chi connectivity index (χ0n) is 16.4. The number of carbonyl (C=O) groups is 2. The monoisotopic (exact) mass is 389 g/mol. The third kappa shape index (κ3) is 5.23. The van der Waals surface area contributed by atoms with Crippen molar-refractivity contribution in [2.75, 3.05) is 14.2 Å². The highest BCUT2D eigenvalue weighted by Gasteiger charge is 2.20. The second kappa shape index (κ2) is 9.55. The van der Waals surface area contributed by atoms with Crippen LogP contribution in [0, 0.1) is 0 Å². The van der Waals surface area contributed by atoms with Crippen molar-refractivity contribution in [3.8, 4) is 16.9 Å². The van der Waals surface area contributed by atoms with Crippen LogP contribution in [0.2, 0.25) is 0 Å². The van der Waals surface area contributed by atoms with Crippen LogP contribution < -0.4 is 10.1 Å². The first-order valence-corrected chi connectivity index (χ1v) is 9.28. The maximum atomic E-state index is 12.8. The van der Waals surface area contributed by atoms with E-state index in [9.17, 15) is 9.59 Å². The normalized spacial score (nSPS) is 11.4. The van der Waals surface area contributed by atoms with Crippen molar-refractivity contribution in [1.82, 2.24) is 5.32 Å². The van der Waals surface area contributed by atoms with E-state index < -0.39 is 12.0 Å². The molecule has 0 radical (unpaired) electrons. The lowest BCUT2D eigenvalue weighted by molar-refractivity contribution is -0.141. The molecule has 3 aromatic rings. The number of amides is 1. The number of carbonyl (C=O) groups excluding carboxylic acids is 2. The Balaban J connectivity index is 1.77. The summed E-state index contributed by atoms with van der Waals surface area (Å²) in [5, 5.41) is 2.93. The molecule has 1 N–H and O–H groups in total. The van der Waals surface area contributed by atoms with Crippen LogP contribution >= 0.6 is 0 Å². The Morgan fingerprint density at radius 3 is 2.03 bits per heavy atom. The highest BCUT2D eigenvalue weighted by Crippen LogP contribution is 2.23. The number of esters is 1. The minimum Gasteiger partial charge on any atom is -0.497 e. The molecule has 1 unspecified atom stereocenters. The van der Waals surface area contributed by atoms with Gasteiger partial charge in [0.1, 0.15) is 5.75 Å². The molecule has 3 aromatic carbocycles. The number of rotatable bonds is 7. The minimum atomic E-state index is -0.505. The predicted octanol–water partition coefficient (Wildman–Crippen LogP) is 4.40. The second-order valence-electron chi connectivity index (χ2n) is 6.52. The van der Waals surface area contributed by atoms with E-state index in [-0.39, 0.29) is 12.3 Å². The van der Waals surface area contributed by atoms with E-state index in [0.717, 1.165) is 16.7 Å². The van der Waals surface area contributed by atoms with Gasteiger partial charge in [-0.25, -0.2) is 0 Å². The molecule has 0 saturated carbocycles. The number of ether oxygens (including phenoxy) is 2. The van der Waals surface area contributed by atoms with Crippen molar-refractivity contribution in [3.05, 3.63) is 90.0 Å². The maximum absolute atomic E-state index is 12.8. The Labute approximate surface area is 170 Å². The van der Waals surface area contributed by atoms with Gasteiger partial charge in [-0.15, -0.1) is 0 Å². The summed E-state index contributed by atoms with van der Waals surface area (Å²) >= 11 is 0. The first-order chi connectivity index (χ1) is 14.1. The molecular formula is C24H23NO4. The summed E-state index contributed by atoms with van der Waals surface area (Å²) in [5.41, 5.74) is 3.43. The van der Waals surface area contributed by atoms with Crippen molar-refractivity contribution in [3.63, 3.8) is 0 Å². The van der Waals surface area contributed by atoms with E-state index >= 15 is 0 Å². The molecule has 3 rings (SSSR count). The quantitative estimate of drug-likeness (QED) is 0.609. The Morgan fingerprint density at radius 1 is 0.828 bits per heavy atom. The number of hydrogen-bond acceptors (Lipinski definition) is 4. The summed E-state index contributed by atoms with van der Waals surface area (Å²) in [5.74, 6) is 0.0493. The lowest BCUT2D eigenvalue weighted by Crippen LogP contribution is -2.30. The fourth-order valence-electron chi connectivity index (χ4n) is 3.02. The molecule has 29 heavy (non-hydrogen) atoms. The molecule has 0 aliphatic rings. The van der Waals surface area contributed by atoms with Crippen LogP contribution in [0.3, 0.4) is 0 Å². The first-order valence-electron chi connectivity index (χ1n) is 9.28. The van der Waals surface area contributed by atoms with Crippen LogP contribution in [0.4, 0.5) is 0 Å². The molecule has 5 heteroatoms. The number of hydrogen-bond donors (Lipinski definition) is 1. The largest absolute Gasteiger partial charge is 0.497 e. The summed E-state index contributed by atoms with van der Waals surface area (Å²) in [6.45, 7) is 0. The molecular weight excluding hydrogens is 366 g/mol. The van der Waals surface area contributed by atoms with Crippen LogP contribution in [-0.4, -0.2) is 26.1 Å². The topological polar surface area (TPSA) is 64.6 Å². The molecule has 5 nitrogen and oxygen atoms in total. The fraction of sp³-hybridized carbons (Fsp3) is 0.167. The van der Waals surface area contributed by atoms with Gasteiger partial charge in [-0.05, 0) is 41.0 Å². The summed E-state index contributed by atoms with van der Waals surface area (Å²) in [6.07, 6.45) is 0.0384. The van der Waals surface area contributed by atoms with Crippen LogP contribution in [0.25, 0.3) is 11.1 Å². The average molecular weight is 389 g/mol. The van der Waals surface area contributed by atoms with E-state index in [1.807, 2.05) is 54.6 Å². The average Bonchev–Trinajstić information content (AvgIpc) is 2.79. The standard InChI is InChI=1S/C24H23NO4/c1-28-21-14-12-19(13-15-21)22(16-23(26)29-2)25-24(27)20-10-8-18(9-11-20)17-6-4-3-5-7-17/h3-15,22H,16H2,1-2H3,(H,25,27). The van der Waals surface area contributed by atoms with Crippen LogP contribution in [0.15, 0.2) is 78.9 Å². The Bertz CT molecular complexity index is 950. The number of nitrogens with one attached hydrogen (secondary N) is 1. The second-order valence-corrected chi connectivity index (χ2v) is 6.52. The molecule has 0 bridgehead atoms. The molecule has 0 fully saturated rings. The van der Waals surface area contributed by atoms with Gasteiger partial charge in [-0.3, -0.25) is 9.59 Å². The minimum absolute atomic E-state index is 0.0384. The van der Waals surface area contributed by atoms with Gasteiger partial charge in [0.05, 0.1) is 26.7 Å². The Hall–Kier alpha value is -3.60. The van der Waals surface area contributed by atoms with Crippen molar-refractivity contribution in [1.29, 1.82) is 0 Å². The molecule has 0 spiro atoms. The summed E-state index contributed by atoms with van der Waals surface area (Å²) < 4.78 is 9.95. The van der Waals surface area contributed by atoms with Gasteiger partial charge in [0.2, 0.25) is 0 Å². The van der Waals surface area contributed by atoms with E-state index in [0.29, 0.717) is 11.3 Å². The van der Waals surface area contributed by atoms with Gasteiger partial charge in [0.15, 0.2) is 0 Å². The van der Waals surface area contributed by atoms with Crippen molar-refractivity contribution < 1.29 is 19.1 Å². The van der Waals surface area contributed by atoms with E-state index in [1.165, 1.54) is 7.11 Å². The summed E-state index contributed by atoms with van der Waals surface area (Å²) in [7, 11) is 2.92. The van der Waals surface area contributed by atoms with Crippen LogP contribution in [-0.2, 0) is 9.53 Å².